The number of aliphatic hydroxyl groups is 1. The number of pyridine rings is 1. The van der Waals surface area contributed by atoms with E-state index in [-0.39, 0.29) is 29.4 Å². The molecule has 4 rings (SSSR count). The average molecular weight is 527 g/mol. The summed E-state index contributed by atoms with van der Waals surface area (Å²) in [7, 11) is 0. The van der Waals surface area contributed by atoms with Crippen molar-refractivity contribution >= 4 is 23.4 Å². The Morgan fingerprint density at radius 3 is 2.36 bits per heavy atom. The van der Waals surface area contributed by atoms with Crippen LogP contribution in [0.1, 0.15) is 78.8 Å². The van der Waals surface area contributed by atoms with Crippen LogP contribution in [0.15, 0.2) is 72.6 Å². The van der Waals surface area contributed by atoms with E-state index < -0.39 is 23.7 Å². The number of carbonyl (C=O) groups excluding carboxylic acids is 3. The van der Waals surface area contributed by atoms with Gasteiger partial charge in [0.1, 0.15) is 5.76 Å². The van der Waals surface area contributed by atoms with E-state index in [0.29, 0.717) is 16.7 Å². The Morgan fingerprint density at radius 2 is 1.77 bits per heavy atom. The lowest BCUT2D eigenvalue weighted by molar-refractivity contribution is -0.140. The first-order valence-electron chi connectivity index (χ1n) is 13.0. The molecule has 2 aromatic carbocycles. The predicted octanol–water partition coefficient (Wildman–Crippen LogP) is 5.87. The van der Waals surface area contributed by atoms with Crippen LogP contribution >= 0.6 is 0 Å². The lowest BCUT2D eigenvalue weighted by atomic mass is 9.84. The zero-order valence-corrected chi connectivity index (χ0v) is 23.2. The first-order chi connectivity index (χ1) is 18.4. The fourth-order valence-electron chi connectivity index (χ4n) is 4.64. The maximum absolute atomic E-state index is 13.5. The summed E-state index contributed by atoms with van der Waals surface area (Å²) in [5.74, 6) is -2.10. The number of amides is 1. The summed E-state index contributed by atoms with van der Waals surface area (Å²) in [6, 6.07) is 15.2. The second-order valence-electron chi connectivity index (χ2n) is 11.1. The minimum Gasteiger partial charge on any atom is -0.507 e. The molecule has 2 heterocycles. The van der Waals surface area contributed by atoms with Gasteiger partial charge in [-0.1, -0.05) is 51.1 Å². The highest BCUT2D eigenvalue weighted by atomic mass is 16.5. The smallest absolute Gasteiger partial charge is 0.338 e. The summed E-state index contributed by atoms with van der Waals surface area (Å²) in [5, 5.41) is 11.6. The number of aliphatic hydroxyl groups excluding tert-OH is 1. The van der Waals surface area contributed by atoms with Crippen molar-refractivity contribution in [3.05, 3.63) is 106 Å². The molecule has 1 unspecified atom stereocenters. The van der Waals surface area contributed by atoms with Crippen molar-refractivity contribution in [2.45, 2.75) is 65.6 Å². The van der Waals surface area contributed by atoms with Gasteiger partial charge < -0.3 is 14.7 Å². The minimum absolute atomic E-state index is 0.0271. The number of rotatable bonds is 6. The Bertz CT molecular complexity index is 1430. The summed E-state index contributed by atoms with van der Waals surface area (Å²) < 4.78 is 5.25. The van der Waals surface area contributed by atoms with Crippen LogP contribution in [0.25, 0.3) is 5.76 Å². The van der Waals surface area contributed by atoms with E-state index in [9.17, 15) is 19.5 Å². The molecule has 1 aliphatic heterocycles. The monoisotopic (exact) mass is 526 g/mol. The highest BCUT2D eigenvalue weighted by molar-refractivity contribution is 6.46. The van der Waals surface area contributed by atoms with Crippen molar-refractivity contribution in [1.29, 1.82) is 0 Å². The fraction of sp³-hybridized carbons (Fsp3) is 0.312. The molecule has 0 bridgehead atoms. The van der Waals surface area contributed by atoms with Gasteiger partial charge in [-0.3, -0.25) is 14.6 Å². The van der Waals surface area contributed by atoms with Gasteiger partial charge in [0.2, 0.25) is 0 Å². The van der Waals surface area contributed by atoms with E-state index in [1.807, 2.05) is 25.1 Å². The summed E-state index contributed by atoms with van der Waals surface area (Å²) in [4.78, 5) is 44.7. The first-order valence-corrected chi connectivity index (χ1v) is 13.0. The molecule has 7 nitrogen and oxygen atoms in total. The van der Waals surface area contributed by atoms with Crippen LogP contribution in [-0.4, -0.2) is 38.8 Å². The number of benzene rings is 2. The fourth-order valence-corrected chi connectivity index (χ4v) is 4.64. The molecule has 3 aromatic rings. The lowest BCUT2D eigenvalue weighted by Gasteiger charge is -2.26. The van der Waals surface area contributed by atoms with Crippen LogP contribution in [0.2, 0.25) is 0 Å². The highest BCUT2D eigenvalue weighted by Gasteiger charge is 2.46. The molecule has 1 aromatic heterocycles. The van der Waals surface area contributed by atoms with Crippen molar-refractivity contribution in [3.8, 4) is 0 Å². The third-order valence-electron chi connectivity index (χ3n) is 6.78. The minimum atomic E-state index is -0.832. The second-order valence-corrected chi connectivity index (χ2v) is 11.1. The van der Waals surface area contributed by atoms with Crippen LogP contribution in [-0.2, 0) is 26.3 Å². The molecule has 0 radical (unpaired) electrons. The maximum Gasteiger partial charge on any atom is 0.338 e. The molecule has 1 fully saturated rings. The molecule has 0 spiro atoms. The van der Waals surface area contributed by atoms with E-state index in [2.05, 4.69) is 25.8 Å². The standard InChI is InChI=1S/C32H34N2O5/c1-19(2)39-31(38)22-12-10-21(11-13-22)18-34-27(23-8-7-15-33-17-23)26(29(36)30(34)37)28(35)25-16-24(32(4,5)6)14-9-20(25)3/h7-17,19,27,35H,18H2,1-6H3/b28-26+. The van der Waals surface area contributed by atoms with E-state index in [1.165, 1.54) is 4.90 Å². The van der Waals surface area contributed by atoms with E-state index >= 15 is 0 Å². The van der Waals surface area contributed by atoms with Crippen molar-refractivity contribution in [2.75, 3.05) is 0 Å². The molecular formula is C32H34N2O5. The molecule has 39 heavy (non-hydrogen) atoms. The summed E-state index contributed by atoms with van der Waals surface area (Å²) in [6.45, 7) is 11.7. The van der Waals surface area contributed by atoms with Gasteiger partial charge in [0.15, 0.2) is 0 Å². The van der Waals surface area contributed by atoms with Gasteiger partial charge >= 0.3 is 5.97 Å². The van der Waals surface area contributed by atoms with Crippen LogP contribution in [0.4, 0.5) is 0 Å². The predicted molar refractivity (Wildman–Crippen MR) is 149 cm³/mol. The van der Waals surface area contributed by atoms with Gasteiger partial charge in [-0.15, -0.1) is 0 Å². The molecule has 1 atom stereocenters. The Hall–Kier alpha value is -4.26. The summed E-state index contributed by atoms with van der Waals surface area (Å²) >= 11 is 0. The number of aryl methyl sites for hydroxylation is 1. The normalized spacial score (nSPS) is 17.1. The van der Waals surface area contributed by atoms with Crippen LogP contribution in [0.3, 0.4) is 0 Å². The molecule has 1 saturated heterocycles. The molecule has 0 aliphatic carbocycles. The number of ketones is 1. The largest absolute Gasteiger partial charge is 0.507 e. The van der Waals surface area contributed by atoms with Gasteiger partial charge in [0.05, 0.1) is 23.3 Å². The van der Waals surface area contributed by atoms with Crippen LogP contribution < -0.4 is 0 Å². The Balaban J connectivity index is 1.78. The Morgan fingerprint density at radius 1 is 1.08 bits per heavy atom. The molecule has 0 saturated carbocycles. The average Bonchev–Trinajstić information content (AvgIpc) is 3.13. The summed E-state index contributed by atoms with van der Waals surface area (Å²) in [5.41, 5.74) is 3.89. The second kappa shape index (κ2) is 10.8. The number of likely N-dealkylation sites (tertiary alicyclic amines) is 1. The third-order valence-corrected chi connectivity index (χ3v) is 6.78. The quantitative estimate of drug-likeness (QED) is 0.187. The van der Waals surface area contributed by atoms with Crippen molar-refractivity contribution in [2.24, 2.45) is 0 Å². The van der Waals surface area contributed by atoms with Crippen molar-refractivity contribution in [1.82, 2.24) is 9.88 Å². The van der Waals surface area contributed by atoms with Gasteiger partial charge in [-0.2, -0.15) is 0 Å². The van der Waals surface area contributed by atoms with Crippen molar-refractivity contribution < 1.29 is 24.2 Å². The highest BCUT2D eigenvalue weighted by Crippen LogP contribution is 2.41. The van der Waals surface area contributed by atoms with E-state index in [1.54, 1.807) is 62.6 Å². The molecule has 1 N–H and O–H groups in total. The van der Waals surface area contributed by atoms with Gasteiger partial charge in [0.25, 0.3) is 11.7 Å². The number of Topliss-reactive ketones (excluding diaryl/α,β-unsaturated/α-hetero) is 1. The molecule has 202 valence electrons. The number of esters is 1. The van der Waals surface area contributed by atoms with E-state index in [0.717, 1.165) is 16.7 Å². The van der Waals surface area contributed by atoms with Gasteiger partial charge in [0, 0.05) is 24.5 Å². The van der Waals surface area contributed by atoms with Crippen LogP contribution in [0.5, 0.6) is 0 Å². The zero-order chi connectivity index (χ0) is 28.5. The molecule has 1 aliphatic rings. The van der Waals surface area contributed by atoms with Crippen molar-refractivity contribution in [3.63, 3.8) is 0 Å². The molecular weight excluding hydrogens is 492 g/mol. The number of aromatic nitrogens is 1. The maximum atomic E-state index is 13.5. The number of nitrogens with zero attached hydrogens (tertiary/aromatic N) is 2. The number of carbonyl (C=O) groups is 3. The van der Waals surface area contributed by atoms with Gasteiger partial charge in [-0.05, 0) is 72.7 Å². The van der Waals surface area contributed by atoms with Crippen LogP contribution in [0, 0.1) is 6.92 Å². The number of ether oxygens (including phenoxy) is 1. The summed E-state index contributed by atoms with van der Waals surface area (Å²) in [6.07, 6.45) is 2.97. The SMILES string of the molecule is Cc1ccc(C(C)(C)C)cc1/C(O)=C1\C(=O)C(=O)N(Cc2ccc(C(=O)OC(C)C)cc2)C1c1cccnc1. The molecule has 7 heteroatoms. The number of hydrogen-bond acceptors (Lipinski definition) is 6. The van der Waals surface area contributed by atoms with E-state index in [4.69, 9.17) is 4.74 Å². The third kappa shape index (κ3) is 5.77. The lowest BCUT2D eigenvalue weighted by Crippen LogP contribution is -2.29. The Labute approximate surface area is 229 Å². The first kappa shape index (κ1) is 27.8. The molecule has 1 amide bonds. The Kier molecular flexibility index (Phi) is 7.72. The number of hydrogen-bond donors (Lipinski definition) is 1. The zero-order valence-electron chi connectivity index (χ0n) is 23.2. The van der Waals surface area contributed by atoms with Gasteiger partial charge in [-0.25, -0.2) is 4.79 Å². The topological polar surface area (TPSA) is 96.8 Å².